The highest BCUT2D eigenvalue weighted by Gasteiger charge is 2.12. The molecular formula is C7H14O4. The lowest BCUT2D eigenvalue weighted by molar-refractivity contribution is -0.148. The SMILES string of the molecule is COCOC[C@@H](C)C(=O)OC. The van der Waals surface area contributed by atoms with Crippen LogP contribution in [0.4, 0.5) is 0 Å². The van der Waals surface area contributed by atoms with Crippen molar-refractivity contribution < 1.29 is 19.0 Å². The third-order valence-electron chi connectivity index (χ3n) is 1.17. The lowest BCUT2D eigenvalue weighted by Gasteiger charge is -2.08. The topological polar surface area (TPSA) is 44.8 Å². The summed E-state index contributed by atoms with van der Waals surface area (Å²) in [5.41, 5.74) is 0. The van der Waals surface area contributed by atoms with Crippen LogP contribution in [-0.2, 0) is 19.0 Å². The van der Waals surface area contributed by atoms with E-state index in [4.69, 9.17) is 4.74 Å². The highest BCUT2D eigenvalue weighted by atomic mass is 16.7. The fourth-order valence-corrected chi connectivity index (χ4v) is 0.577. The Morgan fingerprint density at radius 2 is 2.09 bits per heavy atom. The van der Waals surface area contributed by atoms with Crippen molar-refractivity contribution >= 4 is 5.97 Å². The molecule has 0 rings (SSSR count). The van der Waals surface area contributed by atoms with Crippen molar-refractivity contribution in [3.8, 4) is 0 Å². The van der Waals surface area contributed by atoms with E-state index in [0.717, 1.165) is 0 Å². The van der Waals surface area contributed by atoms with E-state index in [2.05, 4.69) is 9.47 Å². The average Bonchev–Trinajstić information content (AvgIpc) is 2.03. The summed E-state index contributed by atoms with van der Waals surface area (Å²) in [5, 5.41) is 0. The van der Waals surface area contributed by atoms with Gasteiger partial charge in [0.25, 0.3) is 0 Å². The Morgan fingerprint density at radius 1 is 1.45 bits per heavy atom. The molecule has 0 saturated heterocycles. The summed E-state index contributed by atoms with van der Waals surface area (Å²) in [4.78, 5) is 10.8. The molecule has 0 radical (unpaired) electrons. The molecule has 0 amide bonds. The second-order valence-electron chi connectivity index (χ2n) is 2.20. The molecule has 4 heteroatoms. The fourth-order valence-electron chi connectivity index (χ4n) is 0.577. The Labute approximate surface area is 66.4 Å². The normalized spacial score (nSPS) is 12.6. The van der Waals surface area contributed by atoms with E-state index in [0.29, 0.717) is 6.61 Å². The van der Waals surface area contributed by atoms with Gasteiger partial charge in [-0.2, -0.15) is 0 Å². The van der Waals surface area contributed by atoms with Crippen LogP contribution in [0.25, 0.3) is 0 Å². The van der Waals surface area contributed by atoms with Crippen LogP contribution >= 0.6 is 0 Å². The van der Waals surface area contributed by atoms with Crippen LogP contribution in [0.3, 0.4) is 0 Å². The highest BCUT2D eigenvalue weighted by Crippen LogP contribution is 1.97. The lowest BCUT2D eigenvalue weighted by atomic mass is 10.2. The Bertz CT molecular complexity index is 113. The van der Waals surface area contributed by atoms with E-state index < -0.39 is 0 Å². The molecule has 0 aromatic carbocycles. The Hall–Kier alpha value is -0.610. The van der Waals surface area contributed by atoms with Gasteiger partial charge < -0.3 is 14.2 Å². The first-order chi connectivity index (χ1) is 5.22. The maximum atomic E-state index is 10.8. The predicted octanol–water partition coefficient (Wildman–Crippen LogP) is 0.416. The number of hydrogen-bond donors (Lipinski definition) is 0. The van der Waals surface area contributed by atoms with Gasteiger partial charge in [-0.05, 0) is 6.92 Å². The summed E-state index contributed by atoms with van der Waals surface area (Å²) in [5.74, 6) is -0.490. The van der Waals surface area contributed by atoms with E-state index in [9.17, 15) is 4.79 Å². The predicted molar refractivity (Wildman–Crippen MR) is 39.0 cm³/mol. The van der Waals surface area contributed by atoms with Crippen molar-refractivity contribution in [2.75, 3.05) is 27.6 Å². The molecule has 0 fully saturated rings. The van der Waals surface area contributed by atoms with Gasteiger partial charge in [-0.3, -0.25) is 4.79 Å². The van der Waals surface area contributed by atoms with Crippen molar-refractivity contribution in [1.82, 2.24) is 0 Å². The van der Waals surface area contributed by atoms with Crippen LogP contribution in [0.15, 0.2) is 0 Å². The van der Waals surface area contributed by atoms with Gasteiger partial charge in [0.2, 0.25) is 0 Å². The summed E-state index contributed by atoms with van der Waals surface area (Å²) in [6.45, 7) is 2.28. The molecule has 0 aliphatic rings. The van der Waals surface area contributed by atoms with Crippen molar-refractivity contribution in [3.63, 3.8) is 0 Å². The van der Waals surface area contributed by atoms with Crippen LogP contribution in [-0.4, -0.2) is 33.6 Å². The van der Waals surface area contributed by atoms with Gasteiger partial charge in [-0.1, -0.05) is 0 Å². The minimum atomic E-state index is -0.263. The van der Waals surface area contributed by atoms with E-state index in [-0.39, 0.29) is 18.7 Å². The van der Waals surface area contributed by atoms with E-state index in [1.54, 1.807) is 6.92 Å². The summed E-state index contributed by atoms with van der Waals surface area (Å²) in [7, 11) is 2.89. The summed E-state index contributed by atoms with van der Waals surface area (Å²) < 4.78 is 14.1. The first kappa shape index (κ1) is 10.4. The van der Waals surface area contributed by atoms with Crippen LogP contribution in [0.1, 0.15) is 6.92 Å². The molecule has 0 N–H and O–H groups in total. The number of carbonyl (C=O) groups is 1. The molecule has 0 aliphatic heterocycles. The highest BCUT2D eigenvalue weighted by molar-refractivity contribution is 5.71. The largest absolute Gasteiger partial charge is 0.469 e. The van der Waals surface area contributed by atoms with Gasteiger partial charge in [0.05, 0.1) is 19.6 Å². The maximum Gasteiger partial charge on any atom is 0.310 e. The second-order valence-corrected chi connectivity index (χ2v) is 2.20. The van der Waals surface area contributed by atoms with Crippen LogP contribution in [0, 0.1) is 5.92 Å². The molecule has 0 aliphatic carbocycles. The summed E-state index contributed by atoms with van der Waals surface area (Å²) in [6.07, 6.45) is 0. The van der Waals surface area contributed by atoms with Crippen molar-refractivity contribution in [3.05, 3.63) is 0 Å². The molecule has 0 bridgehead atoms. The number of methoxy groups -OCH3 is 2. The first-order valence-corrected chi connectivity index (χ1v) is 3.37. The molecule has 0 spiro atoms. The number of hydrogen-bond acceptors (Lipinski definition) is 4. The van der Waals surface area contributed by atoms with Gasteiger partial charge >= 0.3 is 5.97 Å². The Morgan fingerprint density at radius 3 is 2.55 bits per heavy atom. The van der Waals surface area contributed by atoms with Crippen molar-refractivity contribution in [2.45, 2.75) is 6.92 Å². The minimum Gasteiger partial charge on any atom is -0.469 e. The molecule has 66 valence electrons. The summed E-state index contributed by atoms with van der Waals surface area (Å²) in [6, 6.07) is 0. The smallest absolute Gasteiger partial charge is 0.310 e. The third-order valence-corrected chi connectivity index (χ3v) is 1.17. The quantitative estimate of drug-likeness (QED) is 0.334. The van der Waals surface area contributed by atoms with Gasteiger partial charge in [-0.25, -0.2) is 0 Å². The average molecular weight is 162 g/mol. The fraction of sp³-hybridized carbons (Fsp3) is 0.857. The van der Waals surface area contributed by atoms with Crippen LogP contribution < -0.4 is 0 Å². The molecule has 1 atom stereocenters. The first-order valence-electron chi connectivity index (χ1n) is 3.37. The zero-order valence-corrected chi connectivity index (χ0v) is 7.12. The number of esters is 1. The number of ether oxygens (including phenoxy) is 3. The van der Waals surface area contributed by atoms with Crippen LogP contribution in [0.2, 0.25) is 0 Å². The van der Waals surface area contributed by atoms with Gasteiger partial charge in [-0.15, -0.1) is 0 Å². The number of rotatable bonds is 5. The second kappa shape index (κ2) is 6.12. The molecule has 0 aromatic heterocycles. The standard InChI is InChI=1S/C7H14O4/c1-6(7(8)10-3)4-11-5-9-2/h6H,4-5H2,1-3H3/t6-/m1/s1. The van der Waals surface area contributed by atoms with Gasteiger partial charge in [0.15, 0.2) is 0 Å². The number of carbonyl (C=O) groups excluding carboxylic acids is 1. The molecule has 0 unspecified atom stereocenters. The minimum absolute atomic E-state index is 0.210. The Kier molecular flexibility index (Phi) is 5.78. The maximum absolute atomic E-state index is 10.8. The van der Waals surface area contributed by atoms with Gasteiger partial charge in [0, 0.05) is 7.11 Å². The van der Waals surface area contributed by atoms with Crippen molar-refractivity contribution in [1.29, 1.82) is 0 Å². The molecular weight excluding hydrogens is 148 g/mol. The van der Waals surface area contributed by atoms with Gasteiger partial charge in [0.1, 0.15) is 6.79 Å². The molecule has 4 nitrogen and oxygen atoms in total. The zero-order chi connectivity index (χ0) is 8.69. The monoisotopic (exact) mass is 162 g/mol. The molecule has 11 heavy (non-hydrogen) atoms. The van der Waals surface area contributed by atoms with E-state index in [1.807, 2.05) is 0 Å². The van der Waals surface area contributed by atoms with Crippen molar-refractivity contribution in [2.24, 2.45) is 5.92 Å². The van der Waals surface area contributed by atoms with E-state index in [1.165, 1.54) is 14.2 Å². The zero-order valence-electron chi connectivity index (χ0n) is 7.12. The lowest BCUT2D eigenvalue weighted by Crippen LogP contribution is -2.18. The third kappa shape index (κ3) is 4.75. The summed E-state index contributed by atoms with van der Waals surface area (Å²) >= 11 is 0. The van der Waals surface area contributed by atoms with E-state index >= 15 is 0 Å². The molecule has 0 saturated carbocycles. The molecule has 0 aromatic rings. The van der Waals surface area contributed by atoms with Crippen LogP contribution in [0.5, 0.6) is 0 Å². The Balaban J connectivity index is 3.36. The molecule has 0 heterocycles.